The van der Waals surface area contributed by atoms with Crippen molar-refractivity contribution in [2.24, 2.45) is 0 Å². The van der Waals surface area contributed by atoms with Crippen LogP contribution in [0.1, 0.15) is 5.56 Å². The minimum Gasteiger partial charge on any atom is -0.219 e. The number of benzene rings is 2. The average molecular weight is 279 g/mol. The molecule has 18 heavy (non-hydrogen) atoms. The molecule has 92 valence electrons. The first-order valence-corrected chi connectivity index (χ1v) is 7.24. The van der Waals surface area contributed by atoms with E-state index < -0.39 is 9.84 Å². The summed E-state index contributed by atoms with van der Waals surface area (Å²) >= 11 is 5.83. The molecule has 2 rings (SSSR count). The Bertz CT molecular complexity index is 661. The Balaban J connectivity index is 2.29. The molecule has 0 fully saturated rings. The van der Waals surface area contributed by atoms with Crippen molar-refractivity contribution < 1.29 is 8.42 Å². The molecule has 0 radical (unpaired) electrons. The van der Waals surface area contributed by atoms with Crippen molar-refractivity contribution in [1.29, 1.82) is 0 Å². The van der Waals surface area contributed by atoms with Crippen LogP contribution in [0.25, 0.3) is 6.08 Å². The molecule has 0 unspecified atom stereocenters. The van der Waals surface area contributed by atoms with Crippen molar-refractivity contribution in [2.45, 2.75) is 4.90 Å². The van der Waals surface area contributed by atoms with Gasteiger partial charge in [-0.25, -0.2) is 8.42 Å². The van der Waals surface area contributed by atoms with Gasteiger partial charge in [-0.05, 0) is 35.9 Å². The summed E-state index contributed by atoms with van der Waals surface area (Å²) in [5.41, 5.74) is 0.752. The third-order valence-electron chi connectivity index (χ3n) is 2.36. The van der Waals surface area contributed by atoms with E-state index in [2.05, 4.69) is 0 Å². The lowest BCUT2D eigenvalue weighted by Crippen LogP contribution is -1.95. The lowest BCUT2D eigenvalue weighted by molar-refractivity contribution is 0.605. The number of hydrogen-bond donors (Lipinski definition) is 0. The molecule has 0 aliphatic rings. The van der Waals surface area contributed by atoms with Gasteiger partial charge in [0.1, 0.15) is 0 Å². The van der Waals surface area contributed by atoms with E-state index in [4.69, 9.17) is 11.6 Å². The molecule has 0 atom stereocenters. The third kappa shape index (κ3) is 3.22. The van der Waals surface area contributed by atoms with E-state index in [0.717, 1.165) is 5.56 Å². The predicted octanol–water partition coefficient (Wildman–Crippen LogP) is 3.78. The Kier molecular flexibility index (Phi) is 3.84. The molecular formula is C14H11ClO2S. The Morgan fingerprint density at radius 3 is 2.33 bits per heavy atom. The van der Waals surface area contributed by atoms with Crippen molar-refractivity contribution in [2.75, 3.05) is 0 Å². The van der Waals surface area contributed by atoms with Crippen molar-refractivity contribution in [3.05, 3.63) is 70.6 Å². The molecule has 0 aliphatic heterocycles. The molecule has 4 heteroatoms. The summed E-state index contributed by atoms with van der Waals surface area (Å²) in [6.45, 7) is 0. The highest BCUT2D eigenvalue weighted by Gasteiger charge is 2.08. The van der Waals surface area contributed by atoms with Crippen LogP contribution >= 0.6 is 11.6 Å². The number of halogens is 1. The van der Waals surface area contributed by atoms with Crippen molar-refractivity contribution in [1.82, 2.24) is 0 Å². The summed E-state index contributed by atoms with van der Waals surface area (Å²) in [6, 6.07) is 15.3. The monoisotopic (exact) mass is 278 g/mol. The van der Waals surface area contributed by atoms with Crippen LogP contribution in [0.3, 0.4) is 0 Å². The minimum absolute atomic E-state index is 0.281. The van der Waals surface area contributed by atoms with E-state index in [1.54, 1.807) is 54.6 Å². The Morgan fingerprint density at radius 1 is 0.944 bits per heavy atom. The summed E-state index contributed by atoms with van der Waals surface area (Å²) in [6.07, 6.45) is 1.54. The molecule has 0 amide bonds. The molecule has 0 bridgehead atoms. The molecule has 0 aromatic heterocycles. The fourth-order valence-electron chi connectivity index (χ4n) is 1.47. The summed E-state index contributed by atoms with van der Waals surface area (Å²) in [4.78, 5) is 0.281. The topological polar surface area (TPSA) is 34.1 Å². The lowest BCUT2D eigenvalue weighted by atomic mass is 10.2. The zero-order valence-corrected chi connectivity index (χ0v) is 11.0. The zero-order chi connectivity index (χ0) is 13.0. The highest BCUT2D eigenvalue weighted by atomic mass is 35.5. The maximum atomic E-state index is 12.0. The SMILES string of the molecule is O=S(=O)(C=Cc1cccc(Cl)c1)c1ccccc1. The van der Waals surface area contributed by atoms with Crippen LogP contribution in [0, 0.1) is 0 Å². The van der Waals surface area contributed by atoms with E-state index in [9.17, 15) is 8.42 Å². The number of hydrogen-bond acceptors (Lipinski definition) is 2. The zero-order valence-electron chi connectivity index (χ0n) is 9.45. The molecule has 0 saturated heterocycles. The van der Waals surface area contributed by atoms with Crippen LogP contribution < -0.4 is 0 Å². The summed E-state index contributed by atoms with van der Waals surface area (Å²) in [7, 11) is -3.39. The largest absolute Gasteiger partial charge is 0.219 e. The van der Waals surface area contributed by atoms with E-state index in [0.29, 0.717) is 5.02 Å². The van der Waals surface area contributed by atoms with Crippen LogP contribution in [0.15, 0.2) is 64.9 Å². The fourth-order valence-corrected chi connectivity index (χ4v) is 2.70. The molecule has 2 aromatic rings. The normalized spacial score (nSPS) is 11.8. The van der Waals surface area contributed by atoms with Crippen LogP contribution in [0.5, 0.6) is 0 Å². The Labute approximate surface area is 111 Å². The van der Waals surface area contributed by atoms with E-state index >= 15 is 0 Å². The third-order valence-corrected chi connectivity index (χ3v) is 4.02. The highest BCUT2D eigenvalue weighted by Crippen LogP contribution is 2.15. The van der Waals surface area contributed by atoms with Crippen LogP contribution in [-0.4, -0.2) is 8.42 Å². The predicted molar refractivity (Wildman–Crippen MR) is 74.1 cm³/mol. The van der Waals surface area contributed by atoms with Crippen LogP contribution in [0.4, 0.5) is 0 Å². The number of rotatable bonds is 3. The smallest absolute Gasteiger partial charge is 0.199 e. The van der Waals surface area contributed by atoms with Gasteiger partial charge in [-0.1, -0.05) is 41.9 Å². The molecule has 2 aromatic carbocycles. The maximum Gasteiger partial charge on any atom is 0.199 e. The highest BCUT2D eigenvalue weighted by molar-refractivity contribution is 7.94. The van der Waals surface area contributed by atoms with Gasteiger partial charge in [-0.2, -0.15) is 0 Å². The summed E-state index contributed by atoms with van der Waals surface area (Å²) in [5.74, 6) is 0. The van der Waals surface area contributed by atoms with Crippen molar-refractivity contribution >= 4 is 27.5 Å². The van der Waals surface area contributed by atoms with Gasteiger partial charge >= 0.3 is 0 Å². The second-order valence-electron chi connectivity index (χ2n) is 3.72. The molecule has 0 N–H and O–H groups in total. The molecule has 0 heterocycles. The minimum atomic E-state index is -3.39. The first kappa shape index (κ1) is 12.9. The van der Waals surface area contributed by atoms with Crippen LogP contribution in [-0.2, 0) is 9.84 Å². The molecule has 0 aliphatic carbocycles. The summed E-state index contributed by atoms with van der Waals surface area (Å²) in [5, 5.41) is 1.77. The van der Waals surface area contributed by atoms with Gasteiger partial charge in [0.05, 0.1) is 4.90 Å². The van der Waals surface area contributed by atoms with Crippen molar-refractivity contribution in [3.63, 3.8) is 0 Å². The maximum absolute atomic E-state index is 12.0. The van der Waals surface area contributed by atoms with Gasteiger partial charge in [-0.15, -0.1) is 0 Å². The van der Waals surface area contributed by atoms with E-state index in [1.807, 2.05) is 0 Å². The first-order valence-electron chi connectivity index (χ1n) is 5.32. The molecule has 0 saturated carbocycles. The van der Waals surface area contributed by atoms with Crippen LogP contribution in [0.2, 0.25) is 5.02 Å². The second kappa shape index (κ2) is 5.38. The van der Waals surface area contributed by atoms with E-state index in [-0.39, 0.29) is 4.90 Å². The van der Waals surface area contributed by atoms with Gasteiger partial charge in [-0.3, -0.25) is 0 Å². The van der Waals surface area contributed by atoms with Gasteiger partial charge < -0.3 is 0 Å². The molecule has 2 nitrogen and oxygen atoms in total. The summed E-state index contributed by atoms with van der Waals surface area (Å²) < 4.78 is 23.9. The fraction of sp³-hybridized carbons (Fsp3) is 0. The van der Waals surface area contributed by atoms with Gasteiger partial charge in [0.2, 0.25) is 0 Å². The lowest BCUT2D eigenvalue weighted by Gasteiger charge is -1.98. The second-order valence-corrected chi connectivity index (χ2v) is 5.99. The quantitative estimate of drug-likeness (QED) is 0.856. The molecule has 0 spiro atoms. The van der Waals surface area contributed by atoms with Gasteiger partial charge in [0, 0.05) is 10.4 Å². The Morgan fingerprint density at radius 2 is 1.67 bits per heavy atom. The van der Waals surface area contributed by atoms with E-state index in [1.165, 1.54) is 11.5 Å². The standard InChI is InChI=1S/C14H11ClO2S/c15-13-6-4-5-12(11-13)9-10-18(16,17)14-7-2-1-3-8-14/h1-11H. The van der Waals surface area contributed by atoms with Gasteiger partial charge in [0.25, 0.3) is 0 Å². The Hall–Kier alpha value is -1.58. The average Bonchev–Trinajstić information content (AvgIpc) is 2.38. The number of sulfone groups is 1. The van der Waals surface area contributed by atoms with Gasteiger partial charge in [0.15, 0.2) is 9.84 Å². The molecular weight excluding hydrogens is 268 g/mol. The van der Waals surface area contributed by atoms with Crippen molar-refractivity contribution in [3.8, 4) is 0 Å². The first-order chi connectivity index (χ1) is 8.58.